The maximum atomic E-state index is 13.1. The Morgan fingerprint density at radius 1 is 1.53 bits per heavy atom. The van der Waals surface area contributed by atoms with E-state index in [1.807, 2.05) is 0 Å². The molecule has 1 atom stereocenters. The Balaban J connectivity index is 1.81. The van der Waals surface area contributed by atoms with Crippen molar-refractivity contribution in [2.24, 2.45) is 5.73 Å². The summed E-state index contributed by atoms with van der Waals surface area (Å²) in [5.41, 5.74) is 6.75. The van der Waals surface area contributed by atoms with Crippen LogP contribution in [0.5, 0.6) is 0 Å². The summed E-state index contributed by atoms with van der Waals surface area (Å²) >= 11 is 1.57. The van der Waals surface area contributed by atoms with E-state index in [-0.39, 0.29) is 5.82 Å². The highest BCUT2D eigenvalue weighted by molar-refractivity contribution is 7.18. The maximum Gasteiger partial charge on any atom is 0.124 e. The number of nitrogens with zero attached hydrogens (tertiary/aromatic N) is 2. The molecular formula is C12H14FN3S. The van der Waals surface area contributed by atoms with E-state index in [4.69, 9.17) is 5.73 Å². The lowest BCUT2D eigenvalue weighted by molar-refractivity contribution is 0.326. The Kier molecular flexibility index (Phi) is 2.82. The van der Waals surface area contributed by atoms with Crippen molar-refractivity contribution in [2.75, 3.05) is 13.1 Å². The number of fused-ring (bicyclic) bond motifs is 1. The van der Waals surface area contributed by atoms with Crippen LogP contribution < -0.4 is 5.73 Å². The molecule has 0 bridgehead atoms. The number of aromatic nitrogens is 1. The van der Waals surface area contributed by atoms with Crippen LogP contribution in [0.1, 0.15) is 11.4 Å². The van der Waals surface area contributed by atoms with Crippen LogP contribution in [0.4, 0.5) is 4.39 Å². The van der Waals surface area contributed by atoms with Crippen LogP contribution in [0.25, 0.3) is 10.2 Å². The quantitative estimate of drug-likeness (QED) is 0.887. The predicted octanol–water partition coefficient (Wildman–Crippen LogP) is 1.97. The molecule has 0 aliphatic carbocycles. The largest absolute Gasteiger partial charge is 0.326 e. The fourth-order valence-corrected chi connectivity index (χ4v) is 3.25. The molecule has 0 radical (unpaired) electrons. The molecule has 1 saturated heterocycles. The highest BCUT2D eigenvalue weighted by Crippen LogP contribution is 2.24. The smallest absolute Gasteiger partial charge is 0.124 e. The van der Waals surface area contributed by atoms with Crippen molar-refractivity contribution in [1.29, 1.82) is 0 Å². The summed E-state index contributed by atoms with van der Waals surface area (Å²) in [5.74, 6) is -0.198. The lowest BCUT2D eigenvalue weighted by Gasteiger charge is -2.12. The van der Waals surface area contributed by atoms with E-state index in [0.29, 0.717) is 6.04 Å². The normalized spacial score (nSPS) is 21.4. The average molecular weight is 251 g/mol. The van der Waals surface area contributed by atoms with Crippen LogP contribution >= 0.6 is 11.3 Å². The molecule has 0 saturated carbocycles. The lowest BCUT2D eigenvalue weighted by Crippen LogP contribution is -2.26. The zero-order valence-corrected chi connectivity index (χ0v) is 10.2. The summed E-state index contributed by atoms with van der Waals surface area (Å²) in [5, 5.41) is 1.04. The topological polar surface area (TPSA) is 42.1 Å². The average Bonchev–Trinajstić information content (AvgIpc) is 2.84. The summed E-state index contributed by atoms with van der Waals surface area (Å²) in [6.45, 7) is 2.80. The van der Waals surface area contributed by atoms with Gasteiger partial charge in [0.05, 0.1) is 16.8 Å². The molecule has 2 aromatic rings. The van der Waals surface area contributed by atoms with Crippen molar-refractivity contribution in [3.8, 4) is 0 Å². The van der Waals surface area contributed by atoms with Gasteiger partial charge in [0.2, 0.25) is 0 Å². The second kappa shape index (κ2) is 4.33. The van der Waals surface area contributed by atoms with Crippen molar-refractivity contribution in [1.82, 2.24) is 9.88 Å². The molecule has 0 unspecified atom stereocenters. The minimum Gasteiger partial charge on any atom is -0.326 e. The molecule has 0 spiro atoms. The lowest BCUT2D eigenvalue weighted by atomic mass is 10.3. The van der Waals surface area contributed by atoms with E-state index in [2.05, 4.69) is 9.88 Å². The van der Waals surface area contributed by atoms with E-state index in [0.717, 1.165) is 41.3 Å². The number of likely N-dealkylation sites (tertiary alicyclic amines) is 1. The van der Waals surface area contributed by atoms with Gasteiger partial charge in [0.25, 0.3) is 0 Å². The Labute approximate surface area is 103 Å². The molecule has 3 rings (SSSR count). The molecule has 2 N–H and O–H groups in total. The van der Waals surface area contributed by atoms with Crippen molar-refractivity contribution >= 4 is 21.6 Å². The molecule has 1 aromatic carbocycles. The monoisotopic (exact) mass is 251 g/mol. The number of halogens is 1. The van der Waals surface area contributed by atoms with Gasteiger partial charge in [-0.3, -0.25) is 4.90 Å². The number of benzene rings is 1. The highest BCUT2D eigenvalue weighted by atomic mass is 32.1. The Morgan fingerprint density at radius 3 is 3.18 bits per heavy atom. The molecule has 3 nitrogen and oxygen atoms in total. The van der Waals surface area contributed by atoms with Gasteiger partial charge in [-0.1, -0.05) is 0 Å². The van der Waals surface area contributed by atoms with Crippen LogP contribution in [-0.2, 0) is 6.54 Å². The maximum absolute atomic E-state index is 13.1. The van der Waals surface area contributed by atoms with Gasteiger partial charge in [-0.05, 0) is 24.6 Å². The second-order valence-corrected chi connectivity index (χ2v) is 5.62. The van der Waals surface area contributed by atoms with Crippen LogP contribution in [0.3, 0.4) is 0 Å². The molecule has 2 heterocycles. The SMILES string of the molecule is N[C@@H]1CCN(Cc2nc3ccc(F)cc3s2)C1. The molecule has 0 amide bonds. The zero-order chi connectivity index (χ0) is 11.8. The van der Waals surface area contributed by atoms with Crippen LogP contribution in [0.2, 0.25) is 0 Å². The fourth-order valence-electron chi connectivity index (χ4n) is 2.21. The number of hydrogen-bond donors (Lipinski definition) is 1. The minimum atomic E-state index is -0.198. The molecule has 1 aliphatic heterocycles. The third-order valence-electron chi connectivity index (χ3n) is 3.06. The Hall–Kier alpha value is -1.04. The number of hydrogen-bond acceptors (Lipinski definition) is 4. The summed E-state index contributed by atoms with van der Waals surface area (Å²) in [7, 11) is 0. The Bertz CT molecular complexity index is 540. The number of nitrogens with two attached hydrogens (primary N) is 1. The highest BCUT2D eigenvalue weighted by Gasteiger charge is 2.20. The van der Waals surface area contributed by atoms with Crippen molar-refractivity contribution in [2.45, 2.75) is 19.0 Å². The van der Waals surface area contributed by atoms with Crippen molar-refractivity contribution in [3.63, 3.8) is 0 Å². The van der Waals surface area contributed by atoms with Gasteiger partial charge < -0.3 is 5.73 Å². The third kappa shape index (κ3) is 2.31. The van der Waals surface area contributed by atoms with E-state index < -0.39 is 0 Å². The van der Waals surface area contributed by atoms with E-state index in [9.17, 15) is 4.39 Å². The Morgan fingerprint density at radius 2 is 2.41 bits per heavy atom. The van der Waals surface area contributed by atoms with Gasteiger partial charge in [-0.15, -0.1) is 11.3 Å². The molecule has 1 fully saturated rings. The molecule has 90 valence electrons. The fraction of sp³-hybridized carbons (Fsp3) is 0.417. The molecule has 1 aromatic heterocycles. The minimum absolute atomic E-state index is 0.198. The predicted molar refractivity (Wildman–Crippen MR) is 67.4 cm³/mol. The first-order valence-corrected chi connectivity index (χ1v) is 6.55. The zero-order valence-electron chi connectivity index (χ0n) is 9.40. The van der Waals surface area contributed by atoms with Gasteiger partial charge in [0.1, 0.15) is 10.8 Å². The van der Waals surface area contributed by atoms with E-state index in [1.54, 1.807) is 23.5 Å². The second-order valence-electron chi connectivity index (χ2n) is 4.50. The van der Waals surface area contributed by atoms with Crippen molar-refractivity contribution < 1.29 is 4.39 Å². The number of thiazole rings is 1. The van der Waals surface area contributed by atoms with Crippen molar-refractivity contribution in [3.05, 3.63) is 29.0 Å². The van der Waals surface area contributed by atoms with Gasteiger partial charge >= 0.3 is 0 Å². The summed E-state index contributed by atoms with van der Waals surface area (Å²) < 4.78 is 14.0. The van der Waals surface area contributed by atoms with Gasteiger partial charge in [-0.2, -0.15) is 0 Å². The molecule has 17 heavy (non-hydrogen) atoms. The first-order chi connectivity index (χ1) is 8.20. The van der Waals surface area contributed by atoms with Crippen LogP contribution in [0.15, 0.2) is 18.2 Å². The van der Waals surface area contributed by atoms with E-state index in [1.165, 1.54) is 6.07 Å². The summed E-state index contributed by atoms with van der Waals surface area (Å²) in [6, 6.07) is 5.03. The number of rotatable bonds is 2. The van der Waals surface area contributed by atoms with Crippen LogP contribution in [-0.4, -0.2) is 29.0 Å². The van der Waals surface area contributed by atoms with Gasteiger partial charge in [-0.25, -0.2) is 9.37 Å². The van der Waals surface area contributed by atoms with E-state index >= 15 is 0 Å². The summed E-state index contributed by atoms with van der Waals surface area (Å²) in [6.07, 6.45) is 1.06. The first kappa shape index (κ1) is 11.1. The van der Waals surface area contributed by atoms with Gasteiger partial charge in [0.15, 0.2) is 0 Å². The molecular weight excluding hydrogens is 237 g/mol. The standard InChI is InChI=1S/C12H14FN3S/c13-8-1-2-10-11(5-8)17-12(15-10)7-16-4-3-9(14)6-16/h1-2,5,9H,3-4,6-7,14H2/t9-/m1/s1. The van der Waals surface area contributed by atoms with Gasteiger partial charge in [0, 0.05) is 19.1 Å². The first-order valence-electron chi connectivity index (χ1n) is 5.73. The molecule has 1 aliphatic rings. The summed E-state index contributed by atoms with van der Waals surface area (Å²) in [4.78, 5) is 6.82. The molecule has 5 heteroatoms. The van der Waals surface area contributed by atoms with Crippen LogP contribution in [0, 0.1) is 5.82 Å². The third-order valence-corrected chi connectivity index (χ3v) is 4.07.